The molecular weight excluding hydrogens is 398 g/mol. The average Bonchev–Trinajstić information content (AvgIpc) is 3.10. The molecule has 0 saturated heterocycles. The highest BCUT2D eigenvalue weighted by Gasteiger charge is 2.34. The first-order chi connectivity index (χ1) is 13.2. The van der Waals surface area contributed by atoms with Crippen LogP contribution >= 0.6 is 11.8 Å². The molecule has 0 radical (unpaired) electrons. The van der Waals surface area contributed by atoms with Crippen molar-refractivity contribution in [2.75, 3.05) is 5.32 Å². The van der Waals surface area contributed by atoms with Crippen molar-refractivity contribution in [1.29, 1.82) is 0 Å². The lowest BCUT2D eigenvalue weighted by Crippen LogP contribution is -2.24. The molecule has 1 aromatic heterocycles. The number of benzene rings is 2. The smallest absolute Gasteiger partial charge is 0.411 e. The molecule has 0 fully saturated rings. The minimum absolute atomic E-state index is 0.0612. The fraction of sp³-hybridized carbons (Fsp3) is 0.167. The molecule has 0 saturated carbocycles. The minimum Gasteiger partial charge on any atom is -0.411 e. The number of nitrogens with zero attached hydrogens (tertiary/aromatic N) is 2. The van der Waals surface area contributed by atoms with E-state index in [4.69, 9.17) is 4.42 Å². The fourth-order valence-corrected chi connectivity index (χ4v) is 2.93. The van der Waals surface area contributed by atoms with E-state index in [2.05, 4.69) is 15.5 Å². The van der Waals surface area contributed by atoms with Gasteiger partial charge in [-0.05, 0) is 43.3 Å². The molecule has 1 N–H and O–H groups in total. The molecule has 0 bridgehead atoms. The fourth-order valence-electron chi connectivity index (χ4n) is 2.24. The van der Waals surface area contributed by atoms with E-state index >= 15 is 0 Å². The van der Waals surface area contributed by atoms with Crippen molar-refractivity contribution in [1.82, 2.24) is 10.2 Å². The van der Waals surface area contributed by atoms with Gasteiger partial charge in [0.15, 0.2) is 0 Å². The summed E-state index contributed by atoms with van der Waals surface area (Å²) in [4.78, 5) is 12.3. The number of nitrogens with one attached hydrogen (secondary N) is 1. The number of carbonyl (C=O) groups excluding carboxylic acids is 1. The topological polar surface area (TPSA) is 68.0 Å². The van der Waals surface area contributed by atoms with Gasteiger partial charge in [0.25, 0.3) is 5.22 Å². The zero-order chi connectivity index (χ0) is 20.3. The number of alkyl halides is 3. The maximum absolute atomic E-state index is 13.0. The SMILES string of the molecule is C[C@@H](Sc1nnc(-c2ccc(F)cc2)o1)C(=O)Nc1ccccc1C(F)(F)F. The number of rotatable bonds is 5. The average molecular weight is 411 g/mol. The lowest BCUT2D eigenvalue weighted by Gasteiger charge is -2.15. The van der Waals surface area contributed by atoms with Gasteiger partial charge in [-0.2, -0.15) is 13.2 Å². The van der Waals surface area contributed by atoms with E-state index in [0.29, 0.717) is 5.56 Å². The Bertz CT molecular complexity index is 973. The van der Waals surface area contributed by atoms with Gasteiger partial charge in [0, 0.05) is 5.56 Å². The Morgan fingerprint density at radius 1 is 1.11 bits per heavy atom. The van der Waals surface area contributed by atoms with E-state index in [1.807, 2.05) is 0 Å². The van der Waals surface area contributed by atoms with Crippen molar-refractivity contribution in [3.8, 4) is 11.5 Å². The number of thioether (sulfide) groups is 1. The van der Waals surface area contributed by atoms with Gasteiger partial charge in [-0.1, -0.05) is 23.9 Å². The Hall–Kier alpha value is -2.88. The van der Waals surface area contributed by atoms with Crippen LogP contribution in [0.1, 0.15) is 12.5 Å². The largest absolute Gasteiger partial charge is 0.418 e. The van der Waals surface area contributed by atoms with Crippen molar-refractivity contribution >= 4 is 23.4 Å². The van der Waals surface area contributed by atoms with Crippen LogP contribution in [0.5, 0.6) is 0 Å². The molecule has 2 aromatic carbocycles. The summed E-state index contributed by atoms with van der Waals surface area (Å²) in [6, 6.07) is 10.1. The number of para-hydroxylation sites is 1. The summed E-state index contributed by atoms with van der Waals surface area (Å²) in [5.41, 5.74) is -0.765. The van der Waals surface area contributed by atoms with E-state index in [-0.39, 0.29) is 16.8 Å². The van der Waals surface area contributed by atoms with Crippen LogP contribution < -0.4 is 5.32 Å². The van der Waals surface area contributed by atoms with Crippen molar-refractivity contribution < 1.29 is 26.8 Å². The summed E-state index contributed by atoms with van der Waals surface area (Å²) >= 11 is 0.895. The molecule has 28 heavy (non-hydrogen) atoms. The molecule has 5 nitrogen and oxygen atoms in total. The molecule has 1 amide bonds. The van der Waals surface area contributed by atoms with Crippen molar-refractivity contribution in [2.45, 2.75) is 23.6 Å². The first-order valence-electron chi connectivity index (χ1n) is 7.97. The van der Waals surface area contributed by atoms with Crippen molar-refractivity contribution in [3.63, 3.8) is 0 Å². The highest BCUT2D eigenvalue weighted by Crippen LogP contribution is 2.35. The van der Waals surface area contributed by atoms with Gasteiger partial charge in [-0.15, -0.1) is 10.2 Å². The molecule has 0 aliphatic rings. The van der Waals surface area contributed by atoms with Gasteiger partial charge < -0.3 is 9.73 Å². The summed E-state index contributed by atoms with van der Waals surface area (Å²) in [6.07, 6.45) is -4.59. The van der Waals surface area contributed by atoms with Gasteiger partial charge in [0.2, 0.25) is 11.8 Å². The Balaban J connectivity index is 1.68. The monoisotopic (exact) mass is 411 g/mol. The summed E-state index contributed by atoms with van der Waals surface area (Å²) in [7, 11) is 0. The second kappa shape index (κ2) is 8.01. The third-order valence-corrected chi connectivity index (χ3v) is 4.57. The second-order valence-corrected chi connectivity index (χ2v) is 6.96. The van der Waals surface area contributed by atoms with Crippen LogP contribution in [0, 0.1) is 5.82 Å². The van der Waals surface area contributed by atoms with Gasteiger partial charge in [-0.3, -0.25) is 4.79 Å². The van der Waals surface area contributed by atoms with E-state index in [1.165, 1.54) is 49.4 Å². The van der Waals surface area contributed by atoms with Crippen molar-refractivity contribution in [2.24, 2.45) is 0 Å². The van der Waals surface area contributed by atoms with Gasteiger partial charge in [0.1, 0.15) is 5.82 Å². The highest BCUT2D eigenvalue weighted by molar-refractivity contribution is 8.00. The molecule has 3 rings (SSSR count). The highest BCUT2D eigenvalue weighted by atomic mass is 32.2. The predicted molar refractivity (Wildman–Crippen MR) is 95.1 cm³/mol. The second-order valence-electron chi connectivity index (χ2n) is 5.67. The lowest BCUT2D eigenvalue weighted by molar-refractivity contribution is -0.137. The number of carbonyl (C=O) groups is 1. The zero-order valence-electron chi connectivity index (χ0n) is 14.3. The van der Waals surface area contributed by atoms with Crippen LogP contribution in [0.15, 0.2) is 58.2 Å². The Morgan fingerprint density at radius 2 is 1.79 bits per heavy atom. The predicted octanol–water partition coefficient (Wildman–Crippen LogP) is 5.01. The molecule has 1 atom stereocenters. The van der Waals surface area contributed by atoms with Gasteiger partial charge >= 0.3 is 6.18 Å². The summed E-state index contributed by atoms with van der Waals surface area (Å²) in [5.74, 6) is -0.928. The first-order valence-corrected chi connectivity index (χ1v) is 8.85. The van der Waals surface area contributed by atoms with E-state index in [1.54, 1.807) is 0 Å². The third kappa shape index (κ3) is 4.69. The van der Waals surface area contributed by atoms with E-state index in [0.717, 1.165) is 17.8 Å². The summed E-state index contributed by atoms with van der Waals surface area (Å²) in [6.45, 7) is 1.50. The summed E-state index contributed by atoms with van der Waals surface area (Å²) < 4.78 is 57.4. The Kier molecular flexibility index (Phi) is 5.68. The number of aromatic nitrogens is 2. The molecular formula is C18H13F4N3O2S. The minimum atomic E-state index is -4.59. The van der Waals surface area contributed by atoms with Gasteiger partial charge in [-0.25, -0.2) is 4.39 Å². The molecule has 10 heteroatoms. The number of anilines is 1. The Morgan fingerprint density at radius 3 is 2.46 bits per heavy atom. The summed E-state index contributed by atoms with van der Waals surface area (Å²) in [5, 5.41) is 9.14. The first kappa shape index (κ1) is 19.9. The maximum Gasteiger partial charge on any atom is 0.418 e. The Labute approximate surface area is 161 Å². The zero-order valence-corrected chi connectivity index (χ0v) is 15.1. The maximum atomic E-state index is 13.0. The van der Waals surface area contributed by atoms with Crippen LogP contribution in [0.25, 0.3) is 11.5 Å². The number of halogens is 4. The number of amides is 1. The molecule has 0 unspecified atom stereocenters. The molecule has 1 heterocycles. The van der Waals surface area contributed by atoms with Crippen LogP contribution in [0.2, 0.25) is 0 Å². The van der Waals surface area contributed by atoms with E-state index < -0.39 is 28.7 Å². The number of hydrogen-bond donors (Lipinski definition) is 1. The van der Waals surface area contributed by atoms with Crippen LogP contribution in [0.4, 0.5) is 23.2 Å². The molecule has 0 spiro atoms. The quantitative estimate of drug-likeness (QED) is 0.472. The molecule has 0 aliphatic carbocycles. The normalized spacial score (nSPS) is 12.6. The van der Waals surface area contributed by atoms with E-state index in [9.17, 15) is 22.4 Å². The number of hydrogen-bond acceptors (Lipinski definition) is 5. The third-order valence-electron chi connectivity index (χ3n) is 3.63. The van der Waals surface area contributed by atoms with Crippen molar-refractivity contribution in [3.05, 3.63) is 59.9 Å². The van der Waals surface area contributed by atoms with Crippen LogP contribution in [0.3, 0.4) is 0 Å². The molecule has 146 valence electrons. The van der Waals surface area contributed by atoms with Crippen LogP contribution in [-0.2, 0) is 11.0 Å². The molecule has 3 aromatic rings. The molecule has 0 aliphatic heterocycles. The lowest BCUT2D eigenvalue weighted by atomic mass is 10.1. The standard InChI is InChI=1S/C18H13F4N3O2S/c1-10(15(26)23-14-5-3-2-4-13(14)18(20,21)22)28-17-25-24-16(27-17)11-6-8-12(19)9-7-11/h2-10H,1H3,(H,23,26)/t10-/m1/s1. The van der Waals surface area contributed by atoms with Gasteiger partial charge in [0.05, 0.1) is 16.5 Å². The van der Waals surface area contributed by atoms with Crippen LogP contribution in [-0.4, -0.2) is 21.4 Å².